The number of rotatable bonds is 5. The molecule has 0 bridgehead atoms. The van der Waals surface area contributed by atoms with Crippen molar-refractivity contribution >= 4 is 71.3 Å². The molecule has 0 N–H and O–H groups in total. The van der Waals surface area contributed by atoms with Gasteiger partial charge in [0.25, 0.3) is 0 Å². The van der Waals surface area contributed by atoms with Crippen molar-refractivity contribution in [3.63, 3.8) is 0 Å². The summed E-state index contributed by atoms with van der Waals surface area (Å²) < 4.78 is 13.2. The van der Waals surface area contributed by atoms with E-state index in [4.69, 9.17) is 8.83 Å². The highest BCUT2D eigenvalue weighted by Gasteiger charge is 2.23. The first-order valence-electron chi connectivity index (χ1n) is 17.4. The molecule has 0 fully saturated rings. The summed E-state index contributed by atoms with van der Waals surface area (Å²) in [6, 6.07) is 52.4. The average Bonchev–Trinajstić information content (AvgIpc) is 3.72. The summed E-state index contributed by atoms with van der Waals surface area (Å²) in [5.41, 5.74) is 10.6. The van der Waals surface area contributed by atoms with Crippen LogP contribution in [0, 0.1) is 6.92 Å². The van der Waals surface area contributed by atoms with Gasteiger partial charge in [0.15, 0.2) is 0 Å². The Hall–Kier alpha value is -6.64. The molecule has 0 aliphatic carbocycles. The normalized spacial score (nSPS) is 12.0. The molecule has 0 radical (unpaired) electrons. The molecular weight excluding hydrogens is 621 g/mol. The van der Waals surface area contributed by atoms with E-state index in [1.54, 1.807) is 6.08 Å². The predicted molar refractivity (Wildman–Crippen MR) is 216 cm³/mol. The number of hydrogen-bond donors (Lipinski definition) is 0. The summed E-state index contributed by atoms with van der Waals surface area (Å²) in [7, 11) is 0. The van der Waals surface area contributed by atoms with E-state index >= 15 is 0 Å². The van der Waals surface area contributed by atoms with Gasteiger partial charge in [-0.25, -0.2) is 0 Å². The molecule has 2 aromatic heterocycles. The Kier molecular flexibility index (Phi) is 6.59. The minimum Gasteiger partial charge on any atom is -0.460 e. The van der Waals surface area contributed by atoms with Crippen LogP contribution >= 0.6 is 0 Å². The number of hydrogen-bond acceptors (Lipinski definition) is 2. The number of aryl methyl sites for hydroxylation is 1. The number of fused-ring (bicyclic) bond motifs is 8. The van der Waals surface area contributed by atoms with Gasteiger partial charge in [-0.1, -0.05) is 152 Å². The molecular formula is C49H32O2. The number of para-hydroxylation sites is 1. The third-order valence-corrected chi connectivity index (χ3v) is 10.4. The van der Waals surface area contributed by atoms with Crippen molar-refractivity contribution in [2.24, 2.45) is 0 Å². The van der Waals surface area contributed by atoms with Crippen LogP contribution in [0.15, 0.2) is 173 Å². The Morgan fingerprint density at radius 2 is 1.10 bits per heavy atom. The van der Waals surface area contributed by atoms with Crippen LogP contribution in [0.2, 0.25) is 0 Å². The van der Waals surface area contributed by atoms with Gasteiger partial charge in [0.2, 0.25) is 0 Å². The maximum Gasteiger partial charge on any atom is 0.147 e. The SMILES string of the molecule is C=C/C=C\c1c(C)oc2c1cc(-c1cccc(-c3c4ccccc4c(-c4cccc5ccccc45)c4ccccc34)c1)c1oc3ccccc3c12. The van der Waals surface area contributed by atoms with Crippen LogP contribution in [-0.4, -0.2) is 0 Å². The van der Waals surface area contributed by atoms with E-state index in [1.807, 2.05) is 25.1 Å². The Balaban J connectivity index is 1.27. The van der Waals surface area contributed by atoms with Crippen LogP contribution in [0.1, 0.15) is 11.3 Å². The zero-order chi connectivity index (χ0) is 34.1. The van der Waals surface area contributed by atoms with E-state index in [0.717, 1.165) is 60.9 Å². The summed E-state index contributed by atoms with van der Waals surface area (Å²) in [5.74, 6) is 0.866. The highest BCUT2D eigenvalue weighted by molar-refractivity contribution is 6.25. The second kappa shape index (κ2) is 11.5. The van der Waals surface area contributed by atoms with E-state index in [-0.39, 0.29) is 0 Å². The molecule has 0 spiro atoms. The topological polar surface area (TPSA) is 26.3 Å². The molecule has 51 heavy (non-hydrogen) atoms. The van der Waals surface area contributed by atoms with Gasteiger partial charge in [-0.2, -0.15) is 0 Å². The smallest absolute Gasteiger partial charge is 0.147 e. The Morgan fingerprint density at radius 1 is 0.490 bits per heavy atom. The monoisotopic (exact) mass is 652 g/mol. The number of allylic oxidation sites excluding steroid dienone is 2. The van der Waals surface area contributed by atoms with Crippen molar-refractivity contribution in [1.29, 1.82) is 0 Å². The highest BCUT2D eigenvalue weighted by atomic mass is 16.3. The predicted octanol–water partition coefficient (Wildman–Crippen LogP) is 14.3. The zero-order valence-corrected chi connectivity index (χ0v) is 28.1. The number of furan rings is 2. The molecule has 0 unspecified atom stereocenters. The average molecular weight is 653 g/mol. The molecule has 0 aliphatic rings. The van der Waals surface area contributed by atoms with E-state index in [1.165, 1.54) is 49.0 Å². The summed E-state index contributed by atoms with van der Waals surface area (Å²) in [6.45, 7) is 5.93. The first kappa shape index (κ1) is 29.3. The minimum atomic E-state index is 0.829. The standard InChI is InChI=1S/C49H32O2/c1-3-4-19-34-30(2)50-49-43(34)29-42(48-47(49)41-25-11-12-27-44(41)51-48)32-17-13-18-33(28-32)45-37-21-7-9-23-39(37)46(40-24-10-8-22-38(40)45)36-26-14-16-31-15-5-6-20-35(31)36/h3-29H,1H2,2H3/b19-4-. The third kappa shape index (κ3) is 4.43. The van der Waals surface area contributed by atoms with Crippen molar-refractivity contribution < 1.29 is 8.83 Å². The first-order valence-corrected chi connectivity index (χ1v) is 17.4. The Morgan fingerprint density at radius 3 is 1.84 bits per heavy atom. The fourth-order valence-corrected chi connectivity index (χ4v) is 8.18. The van der Waals surface area contributed by atoms with Gasteiger partial charge < -0.3 is 8.83 Å². The molecule has 0 saturated carbocycles. The van der Waals surface area contributed by atoms with Crippen molar-refractivity contribution in [2.45, 2.75) is 6.92 Å². The quantitative estimate of drug-likeness (QED) is 0.137. The number of benzene rings is 8. The Bertz CT molecular complexity index is 2990. The van der Waals surface area contributed by atoms with E-state index in [0.29, 0.717) is 0 Å². The second-order valence-electron chi connectivity index (χ2n) is 13.2. The molecule has 2 heteroatoms. The van der Waals surface area contributed by atoms with Crippen LogP contribution < -0.4 is 0 Å². The lowest BCUT2D eigenvalue weighted by atomic mass is 9.84. The van der Waals surface area contributed by atoms with Crippen LogP contribution in [0.4, 0.5) is 0 Å². The summed E-state index contributed by atoms with van der Waals surface area (Å²) in [6.07, 6.45) is 5.85. The van der Waals surface area contributed by atoms with Crippen molar-refractivity contribution in [1.82, 2.24) is 0 Å². The summed E-state index contributed by atoms with van der Waals surface area (Å²) >= 11 is 0. The lowest BCUT2D eigenvalue weighted by Crippen LogP contribution is -1.92. The van der Waals surface area contributed by atoms with Crippen LogP contribution in [-0.2, 0) is 0 Å². The van der Waals surface area contributed by atoms with Crippen molar-refractivity contribution in [2.75, 3.05) is 0 Å². The molecule has 0 aliphatic heterocycles. The van der Waals surface area contributed by atoms with Gasteiger partial charge >= 0.3 is 0 Å². The summed E-state index contributed by atoms with van der Waals surface area (Å²) in [4.78, 5) is 0. The lowest BCUT2D eigenvalue weighted by molar-refractivity contribution is 0.580. The van der Waals surface area contributed by atoms with Gasteiger partial charge in [0.05, 0.1) is 5.39 Å². The van der Waals surface area contributed by atoms with E-state index in [2.05, 4.69) is 146 Å². The van der Waals surface area contributed by atoms with Crippen molar-refractivity contribution in [3.8, 4) is 33.4 Å². The van der Waals surface area contributed by atoms with Crippen LogP contribution in [0.5, 0.6) is 0 Å². The molecule has 2 nitrogen and oxygen atoms in total. The third-order valence-electron chi connectivity index (χ3n) is 10.4. The Labute approximate surface area is 295 Å². The molecule has 0 atom stereocenters. The fourth-order valence-electron chi connectivity index (χ4n) is 8.18. The zero-order valence-electron chi connectivity index (χ0n) is 28.1. The molecule has 240 valence electrons. The molecule has 10 aromatic rings. The minimum absolute atomic E-state index is 0.829. The molecule has 2 heterocycles. The van der Waals surface area contributed by atoms with E-state index < -0.39 is 0 Å². The maximum absolute atomic E-state index is 6.67. The maximum atomic E-state index is 6.67. The van der Waals surface area contributed by atoms with Gasteiger partial charge in [-0.3, -0.25) is 0 Å². The van der Waals surface area contributed by atoms with Crippen LogP contribution in [0.3, 0.4) is 0 Å². The molecule has 10 rings (SSSR count). The largest absolute Gasteiger partial charge is 0.460 e. The highest BCUT2D eigenvalue weighted by Crippen LogP contribution is 2.47. The lowest BCUT2D eigenvalue weighted by Gasteiger charge is -2.19. The van der Waals surface area contributed by atoms with Gasteiger partial charge in [0.1, 0.15) is 22.5 Å². The van der Waals surface area contributed by atoms with Gasteiger partial charge in [-0.15, -0.1) is 0 Å². The van der Waals surface area contributed by atoms with Crippen LogP contribution in [0.25, 0.3) is 105 Å². The van der Waals surface area contributed by atoms with Gasteiger partial charge in [-0.05, 0) is 85.3 Å². The molecule has 0 amide bonds. The molecule has 0 saturated heterocycles. The fraction of sp³-hybridized carbons (Fsp3) is 0.0204. The van der Waals surface area contributed by atoms with Gasteiger partial charge in [0, 0.05) is 21.9 Å². The molecule has 8 aromatic carbocycles. The first-order chi connectivity index (χ1) is 25.2. The van der Waals surface area contributed by atoms with E-state index in [9.17, 15) is 0 Å². The summed E-state index contributed by atoms with van der Waals surface area (Å²) in [5, 5.41) is 10.5. The second-order valence-corrected chi connectivity index (χ2v) is 13.2. The van der Waals surface area contributed by atoms with Crippen molar-refractivity contribution in [3.05, 3.63) is 176 Å².